The second-order valence-corrected chi connectivity index (χ2v) is 4.66. The van der Waals surface area contributed by atoms with E-state index < -0.39 is 5.82 Å². The summed E-state index contributed by atoms with van der Waals surface area (Å²) in [6.07, 6.45) is 2.44. The smallest absolute Gasteiger partial charge is 0.186 e. The van der Waals surface area contributed by atoms with Crippen LogP contribution in [0.2, 0.25) is 0 Å². The number of nitrogens with zero attached hydrogens (tertiary/aromatic N) is 2. The van der Waals surface area contributed by atoms with Crippen LogP contribution in [0.4, 0.5) is 10.2 Å². The van der Waals surface area contributed by atoms with Crippen LogP contribution in [0.3, 0.4) is 0 Å². The third kappa shape index (κ3) is 1.59. The first-order valence-corrected chi connectivity index (χ1v) is 5.79. The molecule has 17 heavy (non-hydrogen) atoms. The Hall–Kier alpha value is -1.27. The van der Waals surface area contributed by atoms with Gasteiger partial charge in [0.15, 0.2) is 11.6 Å². The van der Waals surface area contributed by atoms with Crippen LogP contribution < -0.4 is 11.1 Å². The van der Waals surface area contributed by atoms with Gasteiger partial charge in [0.1, 0.15) is 6.33 Å². The molecule has 3 rings (SSSR count). The highest BCUT2D eigenvalue weighted by atomic mass is 19.1. The summed E-state index contributed by atoms with van der Waals surface area (Å²) in [5, 5.41) is 3.03. The van der Waals surface area contributed by atoms with Gasteiger partial charge in [-0.05, 0) is 13.3 Å². The average Bonchev–Trinajstić information content (AvgIpc) is 2.75. The lowest BCUT2D eigenvalue weighted by molar-refractivity contribution is 0.00511. The van der Waals surface area contributed by atoms with Crippen molar-refractivity contribution in [3.05, 3.63) is 17.8 Å². The number of rotatable bonds is 2. The molecule has 4 unspecified atom stereocenters. The summed E-state index contributed by atoms with van der Waals surface area (Å²) in [5.74, 6) is 0.201. The van der Waals surface area contributed by atoms with Gasteiger partial charge in [0.05, 0.1) is 17.8 Å². The summed E-state index contributed by atoms with van der Waals surface area (Å²) in [5.41, 5.74) is 6.37. The molecule has 0 bridgehead atoms. The third-order valence-electron chi connectivity index (χ3n) is 3.71. The van der Waals surface area contributed by atoms with Gasteiger partial charge in [0, 0.05) is 18.6 Å². The fourth-order valence-electron chi connectivity index (χ4n) is 2.64. The van der Waals surface area contributed by atoms with Crippen molar-refractivity contribution < 1.29 is 9.13 Å². The van der Waals surface area contributed by atoms with Crippen LogP contribution in [0.25, 0.3) is 0 Å². The number of halogens is 1. The van der Waals surface area contributed by atoms with E-state index in [4.69, 9.17) is 10.5 Å². The maximum absolute atomic E-state index is 13.7. The topological polar surface area (TPSA) is 73.1 Å². The lowest BCUT2D eigenvalue weighted by Crippen LogP contribution is -2.65. The second-order valence-electron chi connectivity index (χ2n) is 4.66. The van der Waals surface area contributed by atoms with Gasteiger partial charge in [-0.15, -0.1) is 0 Å². The van der Waals surface area contributed by atoms with E-state index in [-0.39, 0.29) is 24.0 Å². The van der Waals surface area contributed by atoms with Gasteiger partial charge in [0.2, 0.25) is 0 Å². The minimum absolute atomic E-state index is 0.0113. The highest BCUT2D eigenvalue weighted by Crippen LogP contribution is 2.39. The molecule has 1 saturated heterocycles. The van der Waals surface area contributed by atoms with Gasteiger partial charge in [-0.2, -0.15) is 0 Å². The first-order chi connectivity index (χ1) is 8.18. The number of aromatic nitrogens is 2. The van der Waals surface area contributed by atoms with Crippen LogP contribution in [0, 0.1) is 18.7 Å². The highest BCUT2D eigenvalue weighted by molar-refractivity contribution is 5.40. The monoisotopic (exact) mass is 238 g/mol. The van der Waals surface area contributed by atoms with E-state index in [1.54, 1.807) is 6.92 Å². The van der Waals surface area contributed by atoms with Crippen molar-refractivity contribution in [2.24, 2.45) is 11.7 Å². The van der Waals surface area contributed by atoms with E-state index in [0.29, 0.717) is 11.6 Å². The largest absolute Gasteiger partial charge is 0.376 e. The minimum atomic E-state index is -0.416. The number of fused-ring (bicyclic) bond motifs is 1. The number of anilines is 1. The Labute approximate surface area is 98.6 Å². The van der Waals surface area contributed by atoms with E-state index >= 15 is 0 Å². The summed E-state index contributed by atoms with van der Waals surface area (Å²) < 4.78 is 19.3. The lowest BCUT2D eigenvalue weighted by Gasteiger charge is -2.45. The number of nitrogens with one attached hydrogen (secondary N) is 1. The molecular formula is C11H15FN4O. The number of aryl methyl sites for hydroxylation is 1. The van der Waals surface area contributed by atoms with E-state index in [0.717, 1.165) is 13.0 Å². The summed E-state index contributed by atoms with van der Waals surface area (Å²) in [4.78, 5) is 7.69. The Morgan fingerprint density at radius 2 is 2.35 bits per heavy atom. The zero-order chi connectivity index (χ0) is 12.0. The molecule has 0 spiro atoms. The van der Waals surface area contributed by atoms with E-state index in [9.17, 15) is 4.39 Å². The van der Waals surface area contributed by atoms with Gasteiger partial charge in [-0.1, -0.05) is 0 Å². The predicted molar refractivity (Wildman–Crippen MR) is 60.0 cm³/mol. The van der Waals surface area contributed by atoms with Crippen molar-refractivity contribution in [1.82, 2.24) is 9.97 Å². The Morgan fingerprint density at radius 3 is 3.18 bits per heavy atom. The van der Waals surface area contributed by atoms with Crippen LogP contribution in [-0.2, 0) is 4.74 Å². The van der Waals surface area contributed by atoms with Gasteiger partial charge in [-0.25, -0.2) is 14.4 Å². The predicted octanol–water partition coefficient (Wildman–Crippen LogP) is 0.451. The Bertz CT molecular complexity index is 441. The Balaban J connectivity index is 1.77. The molecule has 2 aliphatic rings. The van der Waals surface area contributed by atoms with Gasteiger partial charge in [-0.3, -0.25) is 0 Å². The molecule has 1 aliphatic carbocycles. The number of nitrogens with two attached hydrogens (primary N) is 1. The van der Waals surface area contributed by atoms with E-state index in [2.05, 4.69) is 15.3 Å². The van der Waals surface area contributed by atoms with E-state index in [1.165, 1.54) is 6.33 Å². The molecule has 2 fully saturated rings. The highest BCUT2D eigenvalue weighted by Gasteiger charge is 2.52. The maximum atomic E-state index is 13.7. The molecule has 92 valence electrons. The molecule has 2 heterocycles. The molecule has 1 saturated carbocycles. The molecule has 4 atom stereocenters. The van der Waals surface area contributed by atoms with Crippen molar-refractivity contribution in [2.45, 2.75) is 31.5 Å². The first kappa shape index (κ1) is 10.9. The summed E-state index contributed by atoms with van der Waals surface area (Å²) in [7, 11) is 0. The molecule has 0 amide bonds. The van der Waals surface area contributed by atoms with Crippen molar-refractivity contribution in [3.8, 4) is 0 Å². The first-order valence-electron chi connectivity index (χ1n) is 5.79. The summed E-state index contributed by atoms with van der Waals surface area (Å²) >= 11 is 0. The van der Waals surface area contributed by atoms with Crippen LogP contribution in [0.5, 0.6) is 0 Å². The zero-order valence-electron chi connectivity index (χ0n) is 9.56. The second kappa shape index (κ2) is 3.89. The van der Waals surface area contributed by atoms with Crippen LogP contribution >= 0.6 is 0 Å². The Morgan fingerprint density at radius 1 is 1.53 bits per heavy atom. The molecular weight excluding hydrogens is 223 g/mol. The quantitative estimate of drug-likeness (QED) is 0.782. The van der Waals surface area contributed by atoms with Crippen molar-refractivity contribution >= 4 is 5.82 Å². The van der Waals surface area contributed by atoms with Crippen molar-refractivity contribution in [3.63, 3.8) is 0 Å². The molecule has 6 heteroatoms. The standard InChI is InChI=1S/C11H15FN4O/c1-5-7(12)11(15-4-14-5)16-9-8(13)6-2-3-17-10(6)9/h4,6,8-10H,2-3,13H2,1H3,(H,14,15,16). The molecule has 1 aromatic heterocycles. The van der Waals surface area contributed by atoms with Crippen molar-refractivity contribution in [2.75, 3.05) is 11.9 Å². The normalized spacial score (nSPS) is 35.2. The molecule has 3 N–H and O–H groups in total. The van der Waals surface area contributed by atoms with E-state index in [1.807, 2.05) is 0 Å². The molecule has 1 aromatic rings. The number of ether oxygens (including phenoxy) is 1. The van der Waals surface area contributed by atoms with Gasteiger partial charge >= 0.3 is 0 Å². The summed E-state index contributed by atoms with van der Waals surface area (Å²) in [6, 6.07) is -0.0385. The zero-order valence-corrected chi connectivity index (χ0v) is 9.56. The fraction of sp³-hybridized carbons (Fsp3) is 0.636. The maximum Gasteiger partial charge on any atom is 0.186 e. The van der Waals surface area contributed by atoms with Crippen LogP contribution in [-0.4, -0.2) is 34.8 Å². The fourth-order valence-corrected chi connectivity index (χ4v) is 2.64. The SMILES string of the molecule is Cc1ncnc(NC2C(N)C3CCOC32)c1F. The number of hydrogen-bond donors (Lipinski definition) is 2. The molecule has 5 nitrogen and oxygen atoms in total. The third-order valence-corrected chi connectivity index (χ3v) is 3.71. The van der Waals surface area contributed by atoms with Crippen LogP contribution in [0.15, 0.2) is 6.33 Å². The summed E-state index contributed by atoms with van der Waals surface area (Å²) in [6.45, 7) is 2.35. The van der Waals surface area contributed by atoms with Crippen LogP contribution in [0.1, 0.15) is 12.1 Å². The lowest BCUT2D eigenvalue weighted by atomic mass is 9.72. The van der Waals surface area contributed by atoms with Gasteiger partial charge in [0.25, 0.3) is 0 Å². The Kier molecular flexibility index (Phi) is 2.48. The molecule has 0 aromatic carbocycles. The molecule has 0 radical (unpaired) electrons. The minimum Gasteiger partial charge on any atom is -0.376 e. The molecule has 1 aliphatic heterocycles. The average molecular weight is 238 g/mol. The van der Waals surface area contributed by atoms with Gasteiger partial charge < -0.3 is 15.8 Å². The van der Waals surface area contributed by atoms with Crippen molar-refractivity contribution in [1.29, 1.82) is 0 Å². The number of hydrogen-bond acceptors (Lipinski definition) is 5.